The van der Waals surface area contributed by atoms with E-state index in [1.165, 1.54) is 0 Å². The van der Waals surface area contributed by atoms with Crippen LogP contribution in [0.5, 0.6) is 0 Å². The predicted octanol–water partition coefficient (Wildman–Crippen LogP) is 5.61. The van der Waals surface area contributed by atoms with Gasteiger partial charge in [-0.1, -0.05) is 42.5 Å². The molecule has 1 N–H and O–H groups in total. The van der Waals surface area contributed by atoms with Gasteiger partial charge in [0.05, 0.1) is 10.6 Å². The van der Waals surface area contributed by atoms with Gasteiger partial charge in [0.2, 0.25) is 0 Å². The molecule has 0 aliphatic heterocycles. The Morgan fingerprint density at radius 3 is 2.65 bits per heavy atom. The highest BCUT2D eigenvalue weighted by molar-refractivity contribution is 9.10. The summed E-state index contributed by atoms with van der Waals surface area (Å²) in [5, 5.41) is 2.04. The largest absolute Gasteiger partial charge is 0.338 e. The summed E-state index contributed by atoms with van der Waals surface area (Å²) in [7, 11) is 0. The summed E-state index contributed by atoms with van der Waals surface area (Å²) >= 11 is 10.5. The molecule has 20 heavy (non-hydrogen) atoms. The zero-order chi connectivity index (χ0) is 14.1. The van der Waals surface area contributed by atoms with Gasteiger partial charge in [0.1, 0.15) is 10.5 Å². The quantitative estimate of drug-likeness (QED) is 0.600. The van der Waals surface area contributed by atoms with Crippen molar-refractivity contribution in [1.29, 1.82) is 0 Å². The van der Waals surface area contributed by atoms with Gasteiger partial charge in [0.15, 0.2) is 0 Å². The summed E-state index contributed by atoms with van der Waals surface area (Å²) in [6.45, 7) is 2.00. The number of hydrogen-bond donors (Lipinski definition) is 1. The number of benzene rings is 1. The van der Waals surface area contributed by atoms with Gasteiger partial charge in [-0.15, -0.1) is 11.3 Å². The van der Waals surface area contributed by atoms with Gasteiger partial charge in [-0.3, -0.25) is 0 Å². The van der Waals surface area contributed by atoms with Crippen LogP contribution in [0.3, 0.4) is 0 Å². The van der Waals surface area contributed by atoms with Crippen LogP contribution in [0, 0.1) is 11.6 Å². The van der Waals surface area contributed by atoms with Crippen LogP contribution in [0.25, 0.3) is 22.0 Å². The van der Waals surface area contributed by atoms with E-state index in [9.17, 15) is 0 Å². The van der Waals surface area contributed by atoms with E-state index in [4.69, 9.17) is 12.2 Å². The SMILES string of the molecule is Cc1c(-c2ccccc2)[nH]c(-c2cc(Br)cs2)nc1=S. The van der Waals surface area contributed by atoms with Crippen molar-refractivity contribution in [2.75, 3.05) is 0 Å². The van der Waals surface area contributed by atoms with Crippen molar-refractivity contribution < 1.29 is 0 Å². The molecule has 0 bridgehead atoms. The lowest BCUT2D eigenvalue weighted by molar-refractivity contribution is 1.13. The maximum Gasteiger partial charge on any atom is 0.149 e. The molecule has 0 aliphatic rings. The number of nitrogens with one attached hydrogen (secondary N) is 1. The molecule has 0 unspecified atom stereocenters. The van der Waals surface area contributed by atoms with E-state index < -0.39 is 0 Å². The highest BCUT2D eigenvalue weighted by Crippen LogP contribution is 2.30. The van der Waals surface area contributed by atoms with Crippen LogP contribution in [-0.2, 0) is 0 Å². The molecule has 2 heterocycles. The van der Waals surface area contributed by atoms with Gasteiger partial charge < -0.3 is 4.98 Å². The van der Waals surface area contributed by atoms with Gasteiger partial charge in [-0.2, -0.15) is 0 Å². The van der Waals surface area contributed by atoms with Gasteiger partial charge in [0.25, 0.3) is 0 Å². The first-order valence-corrected chi connectivity index (χ1v) is 8.14. The number of H-pyrrole nitrogens is 1. The number of thiophene rings is 1. The smallest absolute Gasteiger partial charge is 0.149 e. The molecule has 1 aromatic carbocycles. The van der Waals surface area contributed by atoms with Crippen molar-refractivity contribution in [2.24, 2.45) is 0 Å². The zero-order valence-electron chi connectivity index (χ0n) is 10.7. The standard InChI is InChI=1S/C15H11BrN2S2/c1-9-13(10-5-3-2-4-6-10)17-14(18-15(9)19)12-7-11(16)8-20-12/h2-8H,1H3,(H,17,18,19). The third kappa shape index (κ3) is 2.61. The highest BCUT2D eigenvalue weighted by atomic mass is 79.9. The lowest BCUT2D eigenvalue weighted by atomic mass is 10.1. The van der Waals surface area contributed by atoms with Crippen LogP contribution < -0.4 is 0 Å². The minimum atomic E-state index is 0.641. The fourth-order valence-corrected chi connectivity index (χ4v) is 3.54. The van der Waals surface area contributed by atoms with Crippen LogP contribution in [0.15, 0.2) is 46.3 Å². The number of hydrogen-bond acceptors (Lipinski definition) is 3. The molecule has 3 aromatic rings. The van der Waals surface area contributed by atoms with E-state index in [-0.39, 0.29) is 0 Å². The lowest BCUT2D eigenvalue weighted by Crippen LogP contribution is -1.96. The van der Waals surface area contributed by atoms with E-state index in [1.54, 1.807) is 11.3 Å². The minimum Gasteiger partial charge on any atom is -0.338 e. The molecule has 0 amide bonds. The Morgan fingerprint density at radius 1 is 1.25 bits per heavy atom. The topological polar surface area (TPSA) is 28.7 Å². The second-order valence-electron chi connectivity index (χ2n) is 4.39. The highest BCUT2D eigenvalue weighted by Gasteiger charge is 2.10. The molecule has 2 nitrogen and oxygen atoms in total. The van der Waals surface area contributed by atoms with Crippen molar-refractivity contribution in [3.8, 4) is 22.0 Å². The molecular formula is C15H11BrN2S2. The van der Waals surface area contributed by atoms with Crippen LogP contribution in [0.1, 0.15) is 5.56 Å². The molecule has 0 radical (unpaired) electrons. The van der Waals surface area contributed by atoms with Gasteiger partial charge >= 0.3 is 0 Å². The Labute approximate surface area is 134 Å². The third-order valence-electron chi connectivity index (χ3n) is 3.02. The maximum absolute atomic E-state index is 5.40. The van der Waals surface area contributed by atoms with Crippen LogP contribution in [-0.4, -0.2) is 9.97 Å². The lowest BCUT2D eigenvalue weighted by Gasteiger charge is -2.08. The molecule has 100 valence electrons. The summed E-state index contributed by atoms with van der Waals surface area (Å²) in [5.41, 5.74) is 3.16. The van der Waals surface area contributed by atoms with Gasteiger partial charge in [0, 0.05) is 15.4 Å². The van der Waals surface area contributed by atoms with Gasteiger partial charge in [-0.05, 0) is 34.5 Å². The number of aromatic nitrogens is 2. The van der Waals surface area contributed by atoms with E-state index in [0.29, 0.717) is 4.64 Å². The summed E-state index contributed by atoms with van der Waals surface area (Å²) in [4.78, 5) is 8.97. The Balaban J connectivity index is 2.21. The van der Waals surface area contributed by atoms with E-state index >= 15 is 0 Å². The fraction of sp³-hybridized carbons (Fsp3) is 0.0667. The van der Waals surface area contributed by atoms with Crippen LogP contribution >= 0.6 is 39.5 Å². The average molecular weight is 363 g/mol. The summed E-state index contributed by atoms with van der Waals surface area (Å²) in [6.07, 6.45) is 0. The molecule has 0 saturated heterocycles. The minimum absolute atomic E-state index is 0.641. The number of aromatic amines is 1. The predicted molar refractivity (Wildman–Crippen MR) is 90.6 cm³/mol. The molecule has 0 spiro atoms. The van der Waals surface area contributed by atoms with E-state index in [2.05, 4.69) is 38.0 Å². The summed E-state index contributed by atoms with van der Waals surface area (Å²) in [5.74, 6) is 0.815. The molecule has 0 aliphatic carbocycles. The Bertz CT molecular complexity index is 806. The average Bonchev–Trinajstić information content (AvgIpc) is 2.89. The van der Waals surface area contributed by atoms with Crippen molar-refractivity contribution in [1.82, 2.24) is 9.97 Å². The van der Waals surface area contributed by atoms with Crippen LogP contribution in [0.2, 0.25) is 0 Å². The first-order valence-electron chi connectivity index (χ1n) is 6.06. The van der Waals surface area contributed by atoms with Crippen molar-refractivity contribution in [2.45, 2.75) is 6.92 Å². The monoisotopic (exact) mass is 362 g/mol. The number of halogens is 1. The maximum atomic E-state index is 5.40. The van der Waals surface area contributed by atoms with Gasteiger partial charge in [-0.25, -0.2) is 4.98 Å². The Hall–Kier alpha value is -1.30. The molecule has 5 heteroatoms. The number of nitrogens with zero attached hydrogens (tertiary/aromatic N) is 1. The first-order chi connectivity index (χ1) is 9.65. The zero-order valence-corrected chi connectivity index (χ0v) is 13.9. The van der Waals surface area contributed by atoms with Crippen molar-refractivity contribution >= 4 is 39.5 Å². The first kappa shape index (κ1) is 13.7. The van der Waals surface area contributed by atoms with Crippen LogP contribution in [0.4, 0.5) is 0 Å². The molecular weight excluding hydrogens is 352 g/mol. The number of rotatable bonds is 2. The van der Waals surface area contributed by atoms with E-state index in [1.807, 2.05) is 36.6 Å². The molecule has 3 rings (SSSR count). The summed E-state index contributed by atoms with van der Waals surface area (Å²) < 4.78 is 1.70. The fourth-order valence-electron chi connectivity index (χ4n) is 1.98. The summed E-state index contributed by atoms with van der Waals surface area (Å²) in [6, 6.07) is 12.2. The Kier molecular flexibility index (Phi) is 3.83. The second kappa shape index (κ2) is 5.60. The second-order valence-corrected chi connectivity index (χ2v) is 6.60. The third-order valence-corrected chi connectivity index (χ3v) is 5.11. The molecule has 0 fully saturated rings. The van der Waals surface area contributed by atoms with E-state index in [0.717, 1.165) is 32.0 Å². The Morgan fingerprint density at radius 2 is 2.00 bits per heavy atom. The molecule has 0 saturated carbocycles. The molecule has 0 atom stereocenters. The normalized spacial score (nSPS) is 10.7. The molecule has 2 aromatic heterocycles. The van der Waals surface area contributed by atoms with Crippen molar-refractivity contribution in [3.05, 3.63) is 56.5 Å². The van der Waals surface area contributed by atoms with Crippen molar-refractivity contribution in [3.63, 3.8) is 0 Å².